The number of aliphatic carboxylic acids is 1. The Bertz CT molecular complexity index is 440. The molecule has 0 aliphatic rings. The maximum Gasteiger partial charge on any atom is 0.371 e. The van der Waals surface area contributed by atoms with Crippen molar-refractivity contribution >= 4 is 11.9 Å². The summed E-state index contributed by atoms with van der Waals surface area (Å²) < 4.78 is 5.19. The van der Waals surface area contributed by atoms with Gasteiger partial charge in [-0.3, -0.25) is 9.69 Å². The van der Waals surface area contributed by atoms with E-state index in [0.29, 0.717) is 18.8 Å². The molecule has 0 saturated carbocycles. The minimum absolute atomic E-state index is 0.0524. The van der Waals surface area contributed by atoms with Gasteiger partial charge in [0.2, 0.25) is 5.76 Å². The first-order valence-corrected chi connectivity index (χ1v) is 6.21. The van der Waals surface area contributed by atoms with E-state index in [1.807, 2.05) is 18.7 Å². The third kappa shape index (κ3) is 4.75. The van der Waals surface area contributed by atoms with Crippen LogP contribution in [-0.2, 0) is 11.3 Å². The summed E-state index contributed by atoms with van der Waals surface area (Å²) in [6.45, 7) is 4.84. The van der Waals surface area contributed by atoms with Gasteiger partial charge >= 0.3 is 11.9 Å². The van der Waals surface area contributed by atoms with Crippen molar-refractivity contribution in [3.05, 3.63) is 23.7 Å². The predicted octanol–water partition coefficient (Wildman–Crippen LogP) is 2.05. The quantitative estimate of drug-likeness (QED) is 0.750. The predicted molar refractivity (Wildman–Crippen MR) is 68.1 cm³/mol. The van der Waals surface area contributed by atoms with Crippen LogP contribution in [0.3, 0.4) is 0 Å². The fourth-order valence-electron chi connectivity index (χ4n) is 1.73. The summed E-state index contributed by atoms with van der Waals surface area (Å²) in [5.41, 5.74) is 0. The van der Waals surface area contributed by atoms with Gasteiger partial charge in [0.05, 0.1) is 13.0 Å². The molecular weight excluding hydrogens is 250 g/mol. The highest BCUT2D eigenvalue weighted by Gasteiger charge is 2.17. The standard InChI is InChI=1S/C13H19NO5/c1-3-9(2)14(7-6-12(15)16)8-10-4-5-11(19-10)13(17)18/h4-5,9H,3,6-8H2,1-2H3,(H,15,16)(H,17,18). The van der Waals surface area contributed by atoms with Crippen molar-refractivity contribution in [1.82, 2.24) is 4.90 Å². The van der Waals surface area contributed by atoms with E-state index in [4.69, 9.17) is 14.6 Å². The van der Waals surface area contributed by atoms with Crippen molar-refractivity contribution in [3.63, 3.8) is 0 Å². The maximum atomic E-state index is 10.7. The number of carboxylic acids is 2. The van der Waals surface area contributed by atoms with Crippen molar-refractivity contribution in [2.75, 3.05) is 6.54 Å². The zero-order valence-electron chi connectivity index (χ0n) is 11.1. The zero-order chi connectivity index (χ0) is 14.4. The molecule has 0 bridgehead atoms. The minimum Gasteiger partial charge on any atom is -0.481 e. The molecule has 6 nitrogen and oxygen atoms in total. The van der Waals surface area contributed by atoms with Crippen LogP contribution in [0.1, 0.15) is 43.0 Å². The lowest BCUT2D eigenvalue weighted by molar-refractivity contribution is -0.137. The third-order valence-electron chi connectivity index (χ3n) is 3.06. The molecule has 0 spiro atoms. The van der Waals surface area contributed by atoms with Gasteiger partial charge in [0.25, 0.3) is 0 Å². The Hall–Kier alpha value is -1.82. The van der Waals surface area contributed by atoms with E-state index >= 15 is 0 Å². The van der Waals surface area contributed by atoms with Crippen LogP contribution in [-0.4, -0.2) is 39.6 Å². The molecule has 0 aliphatic carbocycles. The number of aromatic carboxylic acids is 1. The molecule has 106 valence electrons. The summed E-state index contributed by atoms with van der Waals surface area (Å²) in [6, 6.07) is 3.22. The smallest absolute Gasteiger partial charge is 0.371 e. The molecule has 0 aromatic carbocycles. The average Bonchev–Trinajstić information content (AvgIpc) is 2.82. The molecule has 1 unspecified atom stereocenters. The summed E-state index contributed by atoms with van der Waals surface area (Å²) in [7, 11) is 0. The number of carboxylic acid groups (broad SMARTS) is 2. The highest BCUT2D eigenvalue weighted by Crippen LogP contribution is 2.14. The van der Waals surface area contributed by atoms with Crippen molar-refractivity contribution in [2.45, 2.75) is 39.3 Å². The lowest BCUT2D eigenvalue weighted by Crippen LogP contribution is -2.33. The summed E-state index contributed by atoms with van der Waals surface area (Å²) in [6.07, 6.45) is 0.933. The van der Waals surface area contributed by atoms with Crippen LogP contribution in [0.25, 0.3) is 0 Å². The summed E-state index contributed by atoms with van der Waals surface area (Å²) in [5.74, 6) is -1.52. The molecule has 19 heavy (non-hydrogen) atoms. The average molecular weight is 269 g/mol. The first kappa shape index (κ1) is 15.2. The van der Waals surface area contributed by atoms with Gasteiger partial charge in [-0.05, 0) is 25.5 Å². The van der Waals surface area contributed by atoms with Crippen LogP contribution in [0.15, 0.2) is 16.5 Å². The summed E-state index contributed by atoms with van der Waals surface area (Å²) >= 11 is 0. The fraction of sp³-hybridized carbons (Fsp3) is 0.538. The van der Waals surface area contributed by atoms with Gasteiger partial charge in [-0.25, -0.2) is 4.79 Å². The molecule has 6 heteroatoms. The van der Waals surface area contributed by atoms with Crippen molar-refractivity contribution in [1.29, 1.82) is 0 Å². The lowest BCUT2D eigenvalue weighted by Gasteiger charge is -2.26. The molecule has 1 rings (SSSR count). The number of rotatable bonds is 8. The van der Waals surface area contributed by atoms with Gasteiger partial charge in [-0.15, -0.1) is 0 Å². The van der Waals surface area contributed by atoms with Gasteiger partial charge in [0, 0.05) is 12.6 Å². The van der Waals surface area contributed by atoms with Gasteiger partial charge < -0.3 is 14.6 Å². The Labute approximate surface area is 111 Å². The Morgan fingerprint density at radius 3 is 2.53 bits per heavy atom. The van der Waals surface area contributed by atoms with Gasteiger partial charge in [0.1, 0.15) is 5.76 Å². The van der Waals surface area contributed by atoms with Crippen molar-refractivity contribution in [2.24, 2.45) is 0 Å². The second-order valence-corrected chi connectivity index (χ2v) is 4.44. The van der Waals surface area contributed by atoms with E-state index in [1.54, 1.807) is 6.07 Å². The SMILES string of the molecule is CCC(C)N(CCC(=O)O)Cc1ccc(C(=O)O)o1. The van der Waals surface area contributed by atoms with Gasteiger partial charge in [0.15, 0.2) is 0 Å². The van der Waals surface area contributed by atoms with Crippen LogP contribution in [0.4, 0.5) is 0 Å². The largest absolute Gasteiger partial charge is 0.481 e. The fourth-order valence-corrected chi connectivity index (χ4v) is 1.73. The number of furan rings is 1. The Balaban J connectivity index is 2.69. The summed E-state index contributed by atoms with van der Waals surface area (Å²) in [5, 5.41) is 17.5. The van der Waals surface area contributed by atoms with Gasteiger partial charge in [-0.1, -0.05) is 6.92 Å². The third-order valence-corrected chi connectivity index (χ3v) is 3.06. The molecule has 2 N–H and O–H groups in total. The van der Waals surface area contributed by atoms with Crippen LogP contribution >= 0.6 is 0 Å². The highest BCUT2D eigenvalue weighted by molar-refractivity contribution is 5.84. The second-order valence-electron chi connectivity index (χ2n) is 4.44. The van der Waals surface area contributed by atoms with E-state index < -0.39 is 11.9 Å². The van der Waals surface area contributed by atoms with Crippen LogP contribution in [0, 0.1) is 0 Å². The number of hydrogen-bond donors (Lipinski definition) is 2. The topological polar surface area (TPSA) is 91.0 Å². The van der Waals surface area contributed by atoms with Gasteiger partial charge in [-0.2, -0.15) is 0 Å². The first-order chi connectivity index (χ1) is 8.93. The lowest BCUT2D eigenvalue weighted by atomic mass is 10.2. The van der Waals surface area contributed by atoms with Crippen LogP contribution in [0.2, 0.25) is 0 Å². The molecule has 0 radical (unpaired) electrons. The van der Waals surface area contributed by atoms with Crippen molar-refractivity contribution in [3.8, 4) is 0 Å². The maximum absolute atomic E-state index is 10.7. The van der Waals surface area contributed by atoms with Crippen LogP contribution < -0.4 is 0 Å². The second kappa shape index (κ2) is 6.94. The molecule has 0 saturated heterocycles. The number of nitrogens with zero attached hydrogens (tertiary/aromatic N) is 1. The summed E-state index contributed by atoms with van der Waals surface area (Å²) in [4.78, 5) is 23.3. The van der Waals surface area contributed by atoms with E-state index in [0.717, 1.165) is 6.42 Å². The van der Waals surface area contributed by atoms with E-state index in [2.05, 4.69) is 0 Å². The molecule has 0 fully saturated rings. The molecule has 0 aliphatic heterocycles. The first-order valence-electron chi connectivity index (χ1n) is 6.21. The van der Waals surface area contributed by atoms with E-state index in [-0.39, 0.29) is 18.2 Å². The normalized spacial score (nSPS) is 12.6. The number of carbonyl (C=O) groups is 2. The Morgan fingerprint density at radius 1 is 1.37 bits per heavy atom. The molecule has 1 aromatic heterocycles. The van der Waals surface area contributed by atoms with E-state index in [1.165, 1.54) is 6.07 Å². The molecule has 0 amide bonds. The minimum atomic E-state index is -1.10. The monoisotopic (exact) mass is 269 g/mol. The Kier molecular flexibility index (Phi) is 5.57. The zero-order valence-corrected chi connectivity index (χ0v) is 11.1. The van der Waals surface area contributed by atoms with Crippen molar-refractivity contribution < 1.29 is 24.2 Å². The van der Waals surface area contributed by atoms with Crippen LogP contribution in [0.5, 0.6) is 0 Å². The molecule has 1 atom stereocenters. The highest BCUT2D eigenvalue weighted by atomic mass is 16.4. The Morgan fingerprint density at radius 2 is 2.05 bits per heavy atom. The molecule has 1 aromatic rings. The van der Waals surface area contributed by atoms with E-state index in [9.17, 15) is 9.59 Å². The molecule has 1 heterocycles. The number of hydrogen-bond acceptors (Lipinski definition) is 4. The molecular formula is C13H19NO5.